The lowest BCUT2D eigenvalue weighted by Crippen LogP contribution is -2.49. The van der Waals surface area contributed by atoms with Crippen LogP contribution in [0, 0.1) is 19.7 Å². The van der Waals surface area contributed by atoms with Gasteiger partial charge in [-0.3, -0.25) is 4.79 Å². The molecule has 0 aliphatic carbocycles. The second-order valence-corrected chi connectivity index (χ2v) is 8.19. The minimum atomic E-state index is -0.577. The number of carbonyl (C=O) groups is 1. The molecule has 1 fully saturated rings. The maximum atomic E-state index is 14.0. The van der Waals surface area contributed by atoms with Crippen molar-refractivity contribution in [3.63, 3.8) is 0 Å². The predicted molar refractivity (Wildman–Crippen MR) is 109 cm³/mol. The number of nitrogens with zero attached hydrogens (tertiary/aromatic N) is 3. The van der Waals surface area contributed by atoms with E-state index in [0.717, 1.165) is 10.6 Å². The number of carbonyl (C=O) groups excluding carboxylic acids is 1. The molecule has 4 nitrogen and oxygen atoms in total. The molecule has 0 N–H and O–H groups in total. The molecule has 2 aromatic carbocycles. The maximum Gasteiger partial charge on any atom is 0.258 e. The van der Waals surface area contributed by atoms with Crippen molar-refractivity contribution in [3.8, 4) is 0 Å². The van der Waals surface area contributed by atoms with Gasteiger partial charge in [-0.05, 0) is 43.2 Å². The molecule has 1 aromatic heterocycles. The molecule has 0 atom stereocenters. The molecular formula is C20H19ClFN3OS. The zero-order valence-electron chi connectivity index (χ0n) is 15.1. The van der Waals surface area contributed by atoms with Gasteiger partial charge in [-0.1, -0.05) is 35.1 Å². The fourth-order valence-corrected chi connectivity index (χ4v) is 4.77. The highest BCUT2D eigenvalue weighted by atomic mass is 35.5. The van der Waals surface area contributed by atoms with E-state index in [2.05, 4.69) is 30.9 Å². The highest BCUT2D eigenvalue weighted by molar-refractivity contribution is 7.22. The summed E-state index contributed by atoms with van der Waals surface area (Å²) >= 11 is 7.71. The Balaban J connectivity index is 1.51. The topological polar surface area (TPSA) is 36.4 Å². The summed E-state index contributed by atoms with van der Waals surface area (Å²) in [4.78, 5) is 21.3. The van der Waals surface area contributed by atoms with Gasteiger partial charge in [0.2, 0.25) is 0 Å². The van der Waals surface area contributed by atoms with Gasteiger partial charge in [0.05, 0.1) is 20.8 Å². The zero-order valence-corrected chi connectivity index (χ0v) is 16.7. The van der Waals surface area contributed by atoms with Gasteiger partial charge in [0.1, 0.15) is 5.82 Å². The van der Waals surface area contributed by atoms with Gasteiger partial charge < -0.3 is 9.80 Å². The highest BCUT2D eigenvalue weighted by Crippen LogP contribution is 2.32. The first kappa shape index (κ1) is 18.2. The van der Waals surface area contributed by atoms with Crippen molar-refractivity contribution >= 4 is 44.2 Å². The summed E-state index contributed by atoms with van der Waals surface area (Å²) in [5, 5.41) is 1.12. The van der Waals surface area contributed by atoms with E-state index in [1.54, 1.807) is 22.3 Å². The summed E-state index contributed by atoms with van der Waals surface area (Å²) in [6, 6.07) is 8.57. The van der Waals surface area contributed by atoms with E-state index in [1.165, 1.54) is 28.0 Å². The van der Waals surface area contributed by atoms with Crippen LogP contribution in [-0.2, 0) is 0 Å². The SMILES string of the molecule is Cc1cc(C)c2sc(N3CCN(C(=O)c4c(F)cccc4Cl)CC3)nc2c1. The van der Waals surface area contributed by atoms with Crippen LogP contribution in [0.3, 0.4) is 0 Å². The number of aromatic nitrogens is 1. The Kier molecular flexibility index (Phi) is 4.78. The van der Waals surface area contributed by atoms with Gasteiger partial charge >= 0.3 is 0 Å². The van der Waals surface area contributed by atoms with Crippen LogP contribution in [0.5, 0.6) is 0 Å². The lowest BCUT2D eigenvalue weighted by molar-refractivity contribution is 0.0742. The molecule has 140 valence electrons. The van der Waals surface area contributed by atoms with E-state index in [9.17, 15) is 9.18 Å². The smallest absolute Gasteiger partial charge is 0.258 e. The highest BCUT2D eigenvalue weighted by Gasteiger charge is 2.27. The first-order chi connectivity index (χ1) is 12.9. The summed E-state index contributed by atoms with van der Waals surface area (Å²) in [6.07, 6.45) is 0. The van der Waals surface area contributed by atoms with E-state index >= 15 is 0 Å². The third-order valence-electron chi connectivity index (χ3n) is 4.82. The predicted octanol–water partition coefficient (Wildman–Crippen LogP) is 4.67. The van der Waals surface area contributed by atoms with E-state index in [0.29, 0.717) is 26.2 Å². The van der Waals surface area contributed by atoms with Gasteiger partial charge in [0, 0.05) is 26.2 Å². The molecule has 1 aliphatic rings. The molecular weight excluding hydrogens is 385 g/mol. The minimum absolute atomic E-state index is 0.0429. The molecule has 0 spiro atoms. The molecule has 1 saturated heterocycles. The maximum absolute atomic E-state index is 14.0. The summed E-state index contributed by atoms with van der Waals surface area (Å²) in [7, 11) is 0. The van der Waals surface area contributed by atoms with Crippen molar-refractivity contribution in [1.82, 2.24) is 9.88 Å². The normalized spacial score (nSPS) is 14.8. The van der Waals surface area contributed by atoms with Crippen molar-refractivity contribution in [3.05, 3.63) is 57.9 Å². The number of halogens is 2. The van der Waals surface area contributed by atoms with Gasteiger partial charge in [0.25, 0.3) is 5.91 Å². The van der Waals surface area contributed by atoms with Crippen molar-refractivity contribution in [2.75, 3.05) is 31.1 Å². The lowest BCUT2D eigenvalue weighted by Gasteiger charge is -2.34. The monoisotopic (exact) mass is 403 g/mol. The average molecular weight is 404 g/mol. The van der Waals surface area contributed by atoms with Crippen LogP contribution in [0.1, 0.15) is 21.5 Å². The average Bonchev–Trinajstić information content (AvgIpc) is 3.06. The van der Waals surface area contributed by atoms with E-state index in [1.807, 2.05) is 0 Å². The van der Waals surface area contributed by atoms with Gasteiger partial charge in [0.15, 0.2) is 5.13 Å². The molecule has 3 aromatic rings. The van der Waals surface area contributed by atoms with E-state index in [4.69, 9.17) is 16.6 Å². The summed E-state index contributed by atoms with van der Waals surface area (Å²) in [6.45, 7) is 6.52. The first-order valence-corrected chi connectivity index (χ1v) is 9.99. The number of benzene rings is 2. The van der Waals surface area contributed by atoms with Crippen molar-refractivity contribution in [2.24, 2.45) is 0 Å². The third-order valence-corrected chi connectivity index (χ3v) is 6.41. The molecule has 4 rings (SSSR count). The largest absolute Gasteiger partial charge is 0.345 e. The molecule has 27 heavy (non-hydrogen) atoms. The van der Waals surface area contributed by atoms with Crippen LogP contribution in [0.2, 0.25) is 5.02 Å². The molecule has 0 saturated carbocycles. The molecule has 0 bridgehead atoms. The quantitative estimate of drug-likeness (QED) is 0.624. The number of hydrogen-bond acceptors (Lipinski definition) is 4. The number of anilines is 1. The van der Waals surface area contributed by atoms with Gasteiger partial charge in [-0.2, -0.15) is 0 Å². The minimum Gasteiger partial charge on any atom is -0.345 e. The summed E-state index contributed by atoms with van der Waals surface area (Å²) in [5.74, 6) is -0.930. The Morgan fingerprint density at radius 3 is 2.63 bits per heavy atom. The number of fused-ring (bicyclic) bond motifs is 1. The van der Waals surface area contributed by atoms with Crippen LogP contribution >= 0.6 is 22.9 Å². The molecule has 2 heterocycles. The van der Waals surface area contributed by atoms with Crippen LogP contribution in [0.15, 0.2) is 30.3 Å². The van der Waals surface area contributed by atoms with Crippen LogP contribution in [-0.4, -0.2) is 42.0 Å². The fourth-order valence-electron chi connectivity index (χ4n) is 3.46. The van der Waals surface area contributed by atoms with Gasteiger partial charge in [-0.25, -0.2) is 9.37 Å². The zero-order chi connectivity index (χ0) is 19.1. The Labute approximate surface area is 166 Å². The molecule has 1 amide bonds. The van der Waals surface area contributed by atoms with Crippen LogP contribution in [0.25, 0.3) is 10.2 Å². The Morgan fingerprint density at radius 1 is 1.19 bits per heavy atom. The number of piperazine rings is 1. The van der Waals surface area contributed by atoms with E-state index in [-0.39, 0.29) is 16.5 Å². The fraction of sp³-hybridized carbons (Fsp3) is 0.300. The Morgan fingerprint density at radius 2 is 1.93 bits per heavy atom. The number of aryl methyl sites for hydroxylation is 2. The number of amides is 1. The molecule has 1 aliphatic heterocycles. The van der Waals surface area contributed by atoms with Crippen molar-refractivity contribution in [2.45, 2.75) is 13.8 Å². The van der Waals surface area contributed by atoms with E-state index < -0.39 is 5.82 Å². The Bertz CT molecular complexity index is 1010. The lowest BCUT2D eigenvalue weighted by atomic mass is 10.1. The first-order valence-electron chi connectivity index (χ1n) is 8.80. The van der Waals surface area contributed by atoms with Crippen LogP contribution < -0.4 is 4.90 Å². The summed E-state index contributed by atoms with van der Waals surface area (Å²) < 4.78 is 15.2. The van der Waals surface area contributed by atoms with Gasteiger partial charge in [-0.15, -0.1) is 0 Å². The molecule has 0 unspecified atom stereocenters. The number of thiazole rings is 1. The Hall–Kier alpha value is -2.18. The molecule has 7 heteroatoms. The van der Waals surface area contributed by atoms with Crippen molar-refractivity contribution in [1.29, 1.82) is 0 Å². The second-order valence-electron chi connectivity index (χ2n) is 6.80. The molecule has 0 radical (unpaired) electrons. The standard InChI is InChI=1S/C20H19ClFN3OS/c1-12-10-13(2)18-16(11-12)23-20(27-18)25-8-6-24(7-9-25)19(26)17-14(21)4-3-5-15(17)22/h3-5,10-11H,6-9H2,1-2H3. The second kappa shape index (κ2) is 7.09. The number of rotatable bonds is 2. The third kappa shape index (κ3) is 3.39. The van der Waals surface area contributed by atoms with Crippen molar-refractivity contribution < 1.29 is 9.18 Å². The number of hydrogen-bond donors (Lipinski definition) is 0. The van der Waals surface area contributed by atoms with Crippen LogP contribution in [0.4, 0.5) is 9.52 Å². The summed E-state index contributed by atoms with van der Waals surface area (Å²) in [5.41, 5.74) is 3.41.